The second-order valence-corrected chi connectivity index (χ2v) is 8.98. The number of carbonyl (C=O) groups is 3. The largest absolute Gasteiger partial charge is 0.350 e. The molecule has 1 aromatic carbocycles. The lowest BCUT2D eigenvalue weighted by molar-refractivity contribution is -0.155. The number of amides is 3. The third-order valence-corrected chi connectivity index (χ3v) is 7.12. The zero-order chi connectivity index (χ0) is 20.7. The van der Waals surface area contributed by atoms with Gasteiger partial charge in [-0.2, -0.15) is 0 Å². The molecule has 0 unspecified atom stereocenters. The summed E-state index contributed by atoms with van der Waals surface area (Å²) in [6.07, 6.45) is 3.54. The number of aryl methyl sites for hydroxylation is 2. The summed E-state index contributed by atoms with van der Waals surface area (Å²) in [6, 6.07) is 6.00. The fourth-order valence-electron chi connectivity index (χ4n) is 5.75. The Bertz CT molecular complexity index is 816. The van der Waals surface area contributed by atoms with E-state index < -0.39 is 0 Å². The van der Waals surface area contributed by atoms with Crippen molar-refractivity contribution in [2.75, 3.05) is 19.6 Å². The Balaban J connectivity index is 1.56. The van der Waals surface area contributed by atoms with Crippen LogP contribution in [0.15, 0.2) is 18.2 Å². The number of likely N-dealkylation sites (tertiary alicyclic amines) is 1. The van der Waals surface area contributed by atoms with Crippen LogP contribution < -0.4 is 5.32 Å². The van der Waals surface area contributed by atoms with Crippen LogP contribution in [0.25, 0.3) is 0 Å². The topological polar surface area (TPSA) is 69.7 Å². The molecule has 0 radical (unpaired) electrons. The third-order valence-electron chi connectivity index (χ3n) is 7.12. The van der Waals surface area contributed by atoms with Gasteiger partial charge in [-0.1, -0.05) is 18.2 Å². The zero-order valence-electron chi connectivity index (χ0n) is 17.6. The summed E-state index contributed by atoms with van der Waals surface area (Å²) in [5.41, 5.74) is 2.63. The lowest BCUT2D eigenvalue weighted by Crippen LogP contribution is -2.67. The Hall–Kier alpha value is -2.37. The SMILES string of the molecule is CC(=O)N1C[C@H]2C[C@@H](C1)[C@H](CNC(=O)c1c(C)cccc1C)N1C(=O)CCC[C@@H]21. The molecular formula is C23H31N3O3. The van der Waals surface area contributed by atoms with Gasteiger partial charge in [0.05, 0.1) is 6.04 Å². The molecule has 1 aromatic rings. The normalized spacial score (nSPS) is 28.7. The molecule has 0 aliphatic carbocycles. The Labute approximate surface area is 172 Å². The van der Waals surface area contributed by atoms with Crippen LogP contribution in [-0.2, 0) is 9.59 Å². The minimum absolute atomic E-state index is 0.0422. The summed E-state index contributed by atoms with van der Waals surface area (Å²) in [7, 11) is 0. The molecule has 3 aliphatic rings. The van der Waals surface area contributed by atoms with Crippen molar-refractivity contribution in [1.29, 1.82) is 0 Å². The quantitative estimate of drug-likeness (QED) is 0.851. The van der Waals surface area contributed by atoms with Gasteiger partial charge < -0.3 is 15.1 Å². The molecule has 0 spiro atoms. The van der Waals surface area contributed by atoms with Gasteiger partial charge in [0.25, 0.3) is 5.91 Å². The molecule has 4 atom stereocenters. The number of carbonyl (C=O) groups excluding carboxylic acids is 3. The van der Waals surface area contributed by atoms with Gasteiger partial charge in [0.1, 0.15) is 0 Å². The van der Waals surface area contributed by atoms with Crippen molar-refractivity contribution >= 4 is 17.7 Å². The van der Waals surface area contributed by atoms with Crippen LogP contribution in [0.1, 0.15) is 54.1 Å². The van der Waals surface area contributed by atoms with E-state index in [1.165, 1.54) is 0 Å². The van der Waals surface area contributed by atoms with Gasteiger partial charge in [-0.05, 0) is 56.1 Å². The van der Waals surface area contributed by atoms with Crippen LogP contribution in [0.4, 0.5) is 0 Å². The van der Waals surface area contributed by atoms with E-state index in [9.17, 15) is 14.4 Å². The summed E-state index contributed by atoms with van der Waals surface area (Å²) in [5.74, 6) is 0.803. The fraction of sp³-hybridized carbons (Fsp3) is 0.609. The number of rotatable bonds is 3. The minimum atomic E-state index is -0.0806. The van der Waals surface area contributed by atoms with E-state index in [1.807, 2.05) is 36.9 Å². The molecule has 3 aliphatic heterocycles. The average molecular weight is 398 g/mol. The number of piperidine rings is 3. The van der Waals surface area contributed by atoms with Crippen molar-refractivity contribution in [3.05, 3.63) is 34.9 Å². The number of fused-ring (bicyclic) bond motifs is 4. The van der Waals surface area contributed by atoms with E-state index in [0.717, 1.165) is 42.5 Å². The number of hydrogen-bond donors (Lipinski definition) is 1. The summed E-state index contributed by atoms with van der Waals surface area (Å²) in [5, 5.41) is 3.11. The van der Waals surface area contributed by atoms with Gasteiger partial charge in [0.2, 0.25) is 11.8 Å². The van der Waals surface area contributed by atoms with Crippen molar-refractivity contribution in [2.24, 2.45) is 11.8 Å². The van der Waals surface area contributed by atoms with E-state index in [-0.39, 0.29) is 35.7 Å². The van der Waals surface area contributed by atoms with E-state index in [2.05, 4.69) is 10.2 Å². The molecule has 4 rings (SSSR count). The number of nitrogens with one attached hydrogen (secondary N) is 1. The number of nitrogens with zero attached hydrogens (tertiary/aromatic N) is 2. The molecule has 3 fully saturated rings. The Morgan fingerprint density at radius 3 is 2.52 bits per heavy atom. The summed E-state index contributed by atoms with van der Waals surface area (Å²) < 4.78 is 0. The zero-order valence-corrected chi connectivity index (χ0v) is 17.6. The molecule has 6 nitrogen and oxygen atoms in total. The monoisotopic (exact) mass is 397 g/mol. The highest BCUT2D eigenvalue weighted by molar-refractivity contribution is 5.97. The summed E-state index contributed by atoms with van der Waals surface area (Å²) >= 11 is 0. The molecular weight excluding hydrogens is 366 g/mol. The highest BCUT2D eigenvalue weighted by Gasteiger charge is 2.49. The van der Waals surface area contributed by atoms with Crippen LogP contribution in [0, 0.1) is 25.7 Å². The molecule has 0 aromatic heterocycles. The van der Waals surface area contributed by atoms with E-state index in [0.29, 0.717) is 25.4 Å². The minimum Gasteiger partial charge on any atom is -0.350 e. The van der Waals surface area contributed by atoms with E-state index >= 15 is 0 Å². The van der Waals surface area contributed by atoms with Crippen LogP contribution >= 0.6 is 0 Å². The number of benzene rings is 1. The molecule has 2 bridgehead atoms. The second kappa shape index (κ2) is 7.81. The number of hydrogen-bond acceptors (Lipinski definition) is 3. The molecule has 3 heterocycles. The predicted octanol–water partition coefficient (Wildman–Crippen LogP) is 2.28. The van der Waals surface area contributed by atoms with E-state index in [4.69, 9.17) is 0 Å². The van der Waals surface area contributed by atoms with Crippen LogP contribution in [-0.4, -0.2) is 59.2 Å². The molecule has 6 heteroatoms. The molecule has 156 valence electrons. The van der Waals surface area contributed by atoms with Gasteiger partial charge in [0.15, 0.2) is 0 Å². The highest BCUT2D eigenvalue weighted by Crippen LogP contribution is 2.41. The standard InChI is InChI=1S/C23H31N3O3/c1-14-6-4-7-15(2)22(14)23(29)24-11-20-18-10-17(12-25(13-18)16(3)27)19-8-5-9-21(28)26(19)20/h4,6-7,17-20H,5,8-13H2,1-3H3,(H,24,29)/t17-,18+,19+,20+/m1/s1. The maximum atomic E-state index is 12.9. The second-order valence-electron chi connectivity index (χ2n) is 8.98. The predicted molar refractivity (Wildman–Crippen MR) is 110 cm³/mol. The highest BCUT2D eigenvalue weighted by atomic mass is 16.2. The van der Waals surface area contributed by atoms with Crippen LogP contribution in [0.3, 0.4) is 0 Å². The van der Waals surface area contributed by atoms with Crippen molar-refractivity contribution in [3.8, 4) is 0 Å². The fourth-order valence-corrected chi connectivity index (χ4v) is 5.75. The molecule has 1 N–H and O–H groups in total. The summed E-state index contributed by atoms with van der Waals surface area (Å²) in [6.45, 7) is 7.39. The van der Waals surface area contributed by atoms with Gasteiger partial charge in [0, 0.05) is 44.6 Å². The maximum Gasteiger partial charge on any atom is 0.251 e. The van der Waals surface area contributed by atoms with Crippen molar-refractivity contribution in [1.82, 2.24) is 15.1 Å². The van der Waals surface area contributed by atoms with Crippen LogP contribution in [0.2, 0.25) is 0 Å². The first-order valence-electron chi connectivity index (χ1n) is 10.8. The van der Waals surface area contributed by atoms with Gasteiger partial charge in [-0.3, -0.25) is 14.4 Å². The van der Waals surface area contributed by atoms with Gasteiger partial charge in [-0.25, -0.2) is 0 Å². The Morgan fingerprint density at radius 1 is 1.14 bits per heavy atom. The van der Waals surface area contributed by atoms with Crippen LogP contribution in [0.5, 0.6) is 0 Å². The molecule has 3 saturated heterocycles. The smallest absolute Gasteiger partial charge is 0.251 e. The molecule has 0 saturated carbocycles. The first-order valence-corrected chi connectivity index (χ1v) is 10.8. The van der Waals surface area contributed by atoms with Crippen molar-refractivity contribution < 1.29 is 14.4 Å². The molecule has 29 heavy (non-hydrogen) atoms. The first-order chi connectivity index (χ1) is 13.9. The third kappa shape index (κ3) is 3.65. The summed E-state index contributed by atoms with van der Waals surface area (Å²) in [4.78, 5) is 41.9. The van der Waals surface area contributed by atoms with E-state index in [1.54, 1.807) is 6.92 Å². The van der Waals surface area contributed by atoms with Gasteiger partial charge in [-0.15, -0.1) is 0 Å². The Morgan fingerprint density at radius 2 is 1.83 bits per heavy atom. The maximum absolute atomic E-state index is 12.9. The Kier molecular flexibility index (Phi) is 5.36. The van der Waals surface area contributed by atoms with Gasteiger partial charge >= 0.3 is 0 Å². The van der Waals surface area contributed by atoms with Crippen molar-refractivity contribution in [2.45, 2.75) is 58.5 Å². The lowest BCUT2D eigenvalue weighted by atomic mass is 9.72. The average Bonchev–Trinajstić information content (AvgIpc) is 2.68. The lowest BCUT2D eigenvalue weighted by Gasteiger charge is -2.56. The first kappa shape index (κ1) is 19.9. The van der Waals surface area contributed by atoms with Crippen molar-refractivity contribution in [3.63, 3.8) is 0 Å². The molecule has 3 amide bonds.